The lowest BCUT2D eigenvalue weighted by atomic mass is 9.97. The number of amides is 3. The van der Waals surface area contributed by atoms with Crippen molar-refractivity contribution >= 4 is 51.7 Å². The molecule has 0 radical (unpaired) electrons. The number of piperidine rings is 1. The number of aryl methyl sites for hydroxylation is 2. The predicted molar refractivity (Wildman–Crippen MR) is 121 cm³/mol. The van der Waals surface area contributed by atoms with Crippen molar-refractivity contribution in [1.82, 2.24) is 25.7 Å². The summed E-state index contributed by atoms with van der Waals surface area (Å²) in [5, 5.41) is 6.98. The van der Waals surface area contributed by atoms with E-state index in [0.717, 1.165) is 28.6 Å². The molecule has 1 fully saturated rings. The minimum absolute atomic E-state index is 0.0436. The number of rotatable bonds is 4. The third-order valence-corrected chi connectivity index (χ3v) is 7.81. The molecule has 4 heterocycles. The fraction of sp³-hybridized carbons (Fsp3) is 0.350. The molecular formula is C20H21N5O3S3. The number of carbonyl (C=O) groups excluding carboxylic acids is 3. The van der Waals surface area contributed by atoms with Crippen LogP contribution in [0.5, 0.6) is 0 Å². The zero-order valence-electron chi connectivity index (χ0n) is 17.0. The van der Waals surface area contributed by atoms with Crippen LogP contribution >= 0.6 is 34.0 Å². The van der Waals surface area contributed by atoms with E-state index in [4.69, 9.17) is 0 Å². The Balaban J connectivity index is 1.30. The average Bonchev–Trinajstić information content (AvgIpc) is 3.52. The number of likely N-dealkylation sites (tertiary alicyclic amines) is 1. The Labute approximate surface area is 191 Å². The van der Waals surface area contributed by atoms with Crippen LogP contribution in [0, 0.1) is 13.8 Å². The van der Waals surface area contributed by atoms with Crippen LogP contribution in [0.3, 0.4) is 0 Å². The highest BCUT2D eigenvalue weighted by molar-refractivity contribution is 7.13. The zero-order valence-corrected chi connectivity index (χ0v) is 19.5. The molecule has 1 saturated heterocycles. The van der Waals surface area contributed by atoms with Crippen molar-refractivity contribution in [3.63, 3.8) is 0 Å². The fourth-order valence-electron chi connectivity index (χ4n) is 3.43. The van der Waals surface area contributed by atoms with Crippen LogP contribution in [0.1, 0.15) is 65.0 Å². The van der Waals surface area contributed by atoms with Crippen molar-refractivity contribution in [2.75, 3.05) is 13.1 Å². The second kappa shape index (κ2) is 9.25. The lowest BCUT2D eigenvalue weighted by molar-refractivity contribution is 0.0716. The summed E-state index contributed by atoms with van der Waals surface area (Å²) in [5.74, 6) is -0.564. The largest absolute Gasteiger partial charge is 0.338 e. The third-order valence-electron chi connectivity index (χ3n) is 5.06. The first kappa shape index (κ1) is 21.6. The Kier molecular flexibility index (Phi) is 6.44. The van der Waals surface area contributed by atoms with Gasteiger partial charge in [0, 0.05) is 29.8 Å². The van der Waals surface area contributed by atoms with Crippen molar-refractivity contribution in [2.24, 2.45) is 0 Å². The number of nitrogens with zero attached hydrogens (tertiary/aromatic N) is 3. The molecule has 0 aliphatic carbocycles. The Hall–Kier alpha value is -2.63. The Morgan fingerprint density at radius 1 is 1.06 bits per heavy atom. The van der Waals surface area contributed by atoms with E-state index in [1.165, 1.54) is 34.0 Å². The van der Waals surface area contributed by atoms with Gasteiger partial charge in [-0.15, -0.1) is 22.7 Å². The summed E-state index contributed by atoms with van der Waals surface area (Å²) in [5.41, 5.74) is 6.36. The molecule has 0 spiro atoms. The van der Waals surface area contributed by atoms with Gasteiger partial charge in [0.1, 0.15) is 10.6 Å². The summed E-state index contributed by atoms with van der Waals surface area (Å²) in [6, 6.07) is 1.68. The highest BCUT2D eigenvalue weighted by atomic mass is 32.1. The number of nitrogens with one attached hydrogen (secondary N) is 2. The first-order valence-corrected chi connectivity index (χ1v) is 12.4. The first-order valence-electron chi connectivity index (χ1n) is 9.74. The maximum Gasteiger partial charge on any atom is 0.289 e. The Morgan fingerprint density at radius 2 is 1.81 bits per heavy atom. The molecule has 162 valence electrons. The van der Waals surface area contributed by atoms with Crippen molar-refractivity contribution in [3.05, 3.63) is 54.1 Å². The molecule has 31 heavy (non-hydrogen) atoms. The van der Waals surface area contributed by atoms with Crippen LogP contribution in [0.25, 0.3) is 0 Å². The van der Waals surface area contributed by atoms with Crippen LogP contribution in [-0.2, 0) is 0 Å². The Morgan fingerprint density at radius 3 is 2.45 bits per heavy atom. The number of carbonyl (C=O) groups is 3. The molecule has 8 nitrogen and oxygen atoms in total. The van der Waals surface area contributed by atoms with Gasteiger partial charge in [-0.3, -0.25) is 25.2 Å². The van der Waals surface area contributed by atoms with Gasteiger partial charge >= 0.3 is 0 Å². The van der Waals surface area contributed by atoms with Crippen LogP contribution in [-0.4, -0.2) is 45.7 Å². The monoisotopic (exact) mass is 475 g/mol. The number of thiophene rings is 1. The van der Waals surface area contributed by atoms with Crippen LogP contribution in [0.15, 0.2) is 22.2 Å². The summed E-state index contributed by atoms with van der Waals surface area (Å²) in [6.07, 6.45) is 1.60. The maximum absolute atomic E-state index is 12.8. The summed E-state index contributed by atoms with van der Waals surface area (Å²) in [6.45, 7) is 5.08. The lowest BCUT2D eigenvalue weighted by Crippen LogP contribution is -2.41. The van der Waals surface area contributed by atoms with Crippen molar-refractivity contribution in [2.45, 2.75) is 32.6 Å². The van der Waals surface area contributed by atoms with Crippen LogP contribution < -0.4 is 10.9 Å². The predicted octanol–water partition coefficient (Wildman–Crippen LogP) is 3.37. The molecule has 3 amide bonds. The van der Waals surface area contributed by atoms with E-state index in [9.17, 15) is 14.4 Å². The van der Waals surface area contributed by atoms with E-state index in [2.05, 4.69) is 20.8 Å². The van der Waals surface area contributed by atoms with E-state index >= 15 is 0 Å². The number of hydrogen-bond acceptors (Lipinski definition) is 8. The molecule has 1 aliphatic heterocycles. The highest BCUT2D eigenvalue weighted by Crippen LogP contribution is 2.31. The van der Waals surface area contributed by atoms with Gasteiger partial charge in [0.05, 0.1) is 21.3 Å². The van der Waals surface area contributed by atoms with E-state index < -0.39 is 5.91 Å². The van der Waals surface area contributed by atoms with E-state index in [-0.39, 0.29) is 23.4 Å². The molecule has 0 unspecified atom stereocenters. The van der Waals surface area contributed by atoms with E-state index in [1.54, 1.807) is 22.2 Å². The van der Waals surface area contributed by atoms with Gasteiger partial charge < -0.3 is 4.90 Å². The minimum atomic E-state index is -0.449. The number of hydrogen-bond donors (Lipinski definition) is 2. The number of aromatic nitrogens is 2. The van der Waals surface area contributed by atoms with E-state index in [0.29, 0.717) is 23.5 Å². The third kappa shape index (κ3) is 4.83. The average molecular weight is 476 g/mol. The summed E-state index contributed by atoms with van der Waals surface area (Å²) < 4.78 is 0. The first-order chi connectivity index (χ1) is 14.9. The topological polar surface area (TPSA) is 104 Å². The molecule has 4 rings (SSSR count). The molecule has 3 aromatic rings. The Bertz CT molecular complexity index is 1100. The molecule has 0 aromatic carbocycles. The maximum atomic E-state index is 12.8. The quantitative estimate of drug-likeness (QED) is 0.563. The smallest absolute Gasteiger partial charge is 0.289 e. The zero-order chi connectivity index (χ0) is 22.0. The lowest BCUT2D eigenvalue weighted by Gasteiger charge is -2.30. The standard InChI is InChI=1S/C20H21N5O3S3/c1-11-16(31-12(2)21-11)20(28)25-6-3-13(4-7-25)19-22-15(10-30-19)18(27)24-23-17(26)14-5-8-29-9-14/h5,8-10,13H,3-4,6-7H2,1-2H3,(H,23,26)(H,24,27). The normalized spacial score (nSPS) is 14.5. The van der Waals surface area contributed by atoms with Crippen LogP contribution in [0.2, 0.25) is 0 Å². The van der Waals surface area contributed by atoms with Crippen molar-refractivity contribution in [3.8, 4) is 0 Å². The van der Waals surface area contributed by atoms with Gasteiger partial charge in [-0.1, -0.05) is 0 Å². The van der Waals surface area contributed by atoms with Crippen molar-refractivity contribution in [1.29, 1.82) is 0 Å². The highest BCUT2D eigenvalue weighted by Gasteiger charge is 2.28. The van der Waals surface area contributed by atoms with Gasteiger partial charge in [-0.05, 0) is 38.1 Å². The summed E-state index contributed by atoms with van der Waals surface area (Å²) >= 11 is 4.28. The molecule has 1 aliphatic rings. The van der Waals surface area contributed by atoms with Gasteiger partial charge in [-0.2, -0.15) is 11.3 Å². The molecular weight excluding hydrogens is 454 g/mol. The molecule has 11 heteroatoms. The molecule has 0 atom stereocenters. The summed E-state index contributed by atoms with van der Waals surface area (Å²) in [4.78, 5) is 48.4. The molecule has 0 saturated carbocycles. The number of hydrazine groups is 1. The van der Waals surface area contributed by atoms with E-state index in [1.807, 2.05) is 18.7 Å². The second-order valence-corrected chi connectivity index (χ2v) is 10.1. The molecule has 2 N–H and O–H groups in total. The van der Waals surface area contributed by atoms with Gasteiger partial charge in [0.2, 0.25) is 0 Å². The SMILES string of the molecule is Cc1nc(C)c(C(=O)N2CCC(c3nc(C(=O)NNC(=O)c4ccsc4)cs3)CC2)s1. The fourth-order valence-corrected chi connectivity index (χ4v) is 5.92. The number of thiazole rings is 2. The van der Waals surface area contributed by atoms with Crippen molar-refractivity contribution < 1.29 is 14.4 Å². The van der Waals surface area contributed by atoms with Crippen LogP contribution in [0.4, 0.5) is 0 Å². The minimum Gasteiger partial charge on any atom is -0.338 e. The van der Waals surface area contributed by atoms with Gasteiger partial charge in [0.15, 0.2) is 0 Å². The molecule has 3 aromatic heterocycles. The second-order valence-electron chi connectivity index (χ2n) is 7.21. The summed E-state index contributed by atoms with van der Waals surface area (Å²) in [7, 11) is 0. The van der Waals surface area contributed by atoms with Gasteiger partial charge in [-0.25, -0.2) is 9.97 Å². The molecule has 0 bridgehead atoms. The van der Waals surface area contributed by atoms with Gasteiger partial charge in [0.25, 0.3) is 17.7 Å².